The van der Waals surface area contributed by atoms with Crippen molar-refractivity contribution in [3.63, 3.8) is 0 Å². The number of rotatable bonds is 6. The standard InChI is InChI=1S/C20H24N8O2/c1-25-12-16(10-21-25)15-9-19(29-2)20-17(11-22-28(20)13-15)18-14-27(24-23-18)4-3-26-5-7-30-8-6-26/h9-14H,3-8H2,1-2H3. The number of morpholine rings is 1. The van der Waals surface area contributed by atoms with Crippen molar-refractivity contribution in [1.29, 1.82) is 0 Å². The largest absolute Gasteiger partial charge is 0.494 e. The highest BCUT2D eigenvalue weighted by Gasteiger charge is 2.17. The first kappa shape index (κ1) is 18.8. The Morgan fingerprint density at radius 2 is 1.90 bits per heavy atom. The minimum absolute atomic E-state index is 0.728. The Hall–Kier alpha value is -3.24. The summed E-state index contributed by atoms with van der Waals surface area (Å²) < 4.78 is 16.6. The first-order valence-electron chi connectivity index (χ1n) is 9.96. The SMILES string of the molecule is COc1cc(-c2cnn(C)c2)cn2ncc(-c3cn(CCN4CCOCC4)nn3)c12. The van der Waals surface area contributed by atoms with Crippen LogP contribution in [0.3, 0.4) is 0 Å². The van der Waals surface area contributed by atoms with E-state index in [-0.39, 0.29) is 0 Å². The number of pyridine rings is 1. The third-order valence-corrected chi connectivity index (χ3v) is 5.40. The van der Waals surface area contributed by atoms with Gasteiger partial charge in [-0.3, -0.25) is 14.3 Å². The molecule has 0 aliphatic carbocycles. The normalized spacial score (nSPS) is 15.1. The van der Waals surface area contributed by atoms with Crippen molar-refractivity contribution in [2.24, 2.45) is 7.05 Å². The van der Waals surface area contributed by atoms with E-state index in [0.29, 0.717) is 0 Å². The van der Waals surface area contributed by atoms with Crippen molar-refractivity contribution >= 4 is 5.52 Å². The molecule has 5 heterocycles. The second-order valence-corrected chi connectivity index (χ2v) is 7.37. The van der Waals surface area contributed by atoms with E-state index in [1.165, 1.54) is 0 Å². The Labute approximate surface area is 173 Å². The predicted molar refractivity (Wildman–Crippen MR) is 110 cm³/mol. The van der Waals surface area contributed by atoms with E-state index in [0.717, 1.165) is 73.0 Å². The van der Waals surface area contributed by atoms with Crippen LogP contribution in [-0.2, 0) is 18.3 Å². The lowest BCUT2D eigenvalue weighted by molar-refractivity contribution is 0.0359. The summed E-state index contributed by atoms with van der Waals surface area (Å²) in [6.45, 7) is 5.24. The van der Waals surface area contributed by atoms with Crippen molar-refractivity contribution in [2.75, 3.05) is 40.0 Å². The van der Waals surface area contributed by atoms with Crippen LogP contribution in [0, 0.1) is 0 Å². The van der Waals surface area contributed by atoms with Gasteiger partial charge in [0.25, 0.3) is 0 Å². The molecule has 1 aliphatic rings. The highest BCUT2D eigenvalue weighted by atomic mass is 16.5. The maximum Gasteiger partial charge on any atom is 0.145 e. The van der Waals surface area contributed by atoms with Crippen molar-refractivity contribution in [1.82, 2.24) is 39.3 Å². The van der Waals surface area contributed by atoms with Gasteiger partial charge in [-0.25, -0.2) is 4.52 Å². The third-order valence-electron chi connectivity index (χ3n) is 5.40. The van der Waals surface area contributed by atoms with Crippen LogP contribution in [0.4, 0.5) is 0 Å². The number of fused-ring (bicyclic) bond motifs is 1. The average molecular weight is 408 g/mol. The lowest BCUT2D eigenvalue weighted by atomic mass is 10.1. The molecule has 0 spiro atoms. The minimum atomic E-state index is 0.728. The van der Waals surface area contributed by atoms with Gasteiger partial charge < -0.3 is 9.47 Å². The number of hydrogen-bond donors (Lipinski definition) is 0. The molecule has 4 aromatic rings. The smallest absolute Gasteiger partial charge is 0.145 e. The number of hydrogen-bond acceptors (Lipinski definition) is 7. The van der Waals surface area contributed by atoms with Gasteiger partial charge in [-0.2, -0.15) is 10.2 Å². The molecule has 0 aromatic carbocycles. The second-order valence-electron chi connectivity index (χ2n) is 7.37. The zero-order chi connectivity index (χ0) is 20.5. The van der Waals surface area contributed by atoms with E-state index in [4.69, 9.17) is 9.47 Å². The van der Waals surface area contributed by atoms with Crippen LogP contribution >= 0.6 is 0 Å². The molecule has 4 aromatic heterocycles. The Kier molecular flexibility index (Phi) is 4.93. The zero-order valence-corrected chi connectivity index (χ0v) is 17.1. The number of methoxy groups -OCH3 is 1. The van der Waals surface area contributed by atoms with Gasteiger partial charge in [0.1, 0.15) is 17.0 Å². The number of aryl methyl sites for hydroxylation is 1. The Morgan fingerprint density at radius 3 is 2.67 bits per heavy atom. The van der Waals surface area contributed by atoms with E-state index >= 15 is 0 Å². The van der Waals surface area contributed by atoms with Gasteiger partial charge in [-0.05, 0) is 6.07 Å². The van der Waals surface area contributed by atoms with Crippen LogP contribution in [0.1, 0.15) is 0 Å². The highest BCUT2D eigenvalue weighted by Crippen LogP contribution is 2.33. The molecule has 10 nitrogen and oxygen atoms in total. The molecule has 0 bridgehead atoms. The van der Waals surface area contributed by atoms with Gasteiger partial charge in [0, 0.05) is 50.2 Å². The fraction of sp³-hybridized carbons (Fsp3) is 0.400. The Balaban J connectivity index is 1.42. The molecule has 0 unspecified atom stereocenters. The molecule has 5 rings (SSSR count). The quantitative estimate of drug-likeness (QED) is 0.476. The van der Waals surface area contributed by atoms with Crippen molar-refractivity contribution < 1.29 is 9.47 Å². The molecule has 10 heteroatoms. The summed E-state index contributed by atoms with van der Waals surface area (Å²) in [5.74, 6) is 0.728. The molecule has 0 saturated carbocycles. The van der Waals surface area contributed by atoms with Crippen molar-refractivity contribution in [3.8, 4) is 28.1 Å². The molecule has 0 radical (unpaired) electrons. The van der Waals surface area contributed by atoms with Crippen molar-refractivity contribution in [2.45, 2.75) is 6.54 Å². The van der Waals surface area contributed by atoms with Crippen LogP contribution in [0.5, 0.6) is 5.75 Å². The number of aromatic nitrogens is 7. The van der Waals surface area contributed by atoms with E-state index in [9.17, 15) is 0 Å². The van der Waals surface area contributed by atoms with Gasteiger partial charge >= 0.3 is 0 Å². The highest BCUT2D eigenvalue weighted by molar-refractivity contribution is 5.84. The van der Waals surface area contributed by atoms with Crippen LogP contribution in [0.25, 0.3) is 27.9 Å². The summed E-state index contributed by atoms with van der Waals surface area (Å²) in [4.78, 5) is 2.38. The summed E-state index contributed by atoms with van der Waals surface area (Å²) in [5, 5.41) is 17.5. The van der Waals surface area contributed by atoms with Crippen molar-refractivity contribution in [3.05, 3.63) is 37.1 Å². The fourth-order valence-electron chi connectivity index (χ4n) is 3.76. The summed E-state index contributed by atoms with van der Waals surface area (Å²) >= 11 is 0. The van der Waals surface area contributed by atoms with Crippen LogP contribution in [-0.4, -0.2) is 79.2 Å². The lowest BCUT2D eigenvalue weighted by Crippen LogP contribution is -2.38. The topological polar surface area (TPSA) is 87.5 Å². The molecule has 30 heavy (non-hydrogen) atoms. The van der Waals surface area contributed by atoms with Gasteiger partial charge in [0.2, 0.25) is 0 Å². The van der Waals surface area contributed by atoms with Crippen LogP contribution < -0.4 is 4.74 Å². The number of nitrogens with zero attached hydrogens (tertiary/aromatic N) is 8. The van der Waals surface area contributed by atoms with E-state index in [2.05, 4.69) is 25.4 Å². The molecule has 0 amide bonds. The Morgan fingerprint density at radius 1 is 1.03 bits per heavy atom. The van der Waals surface area contributed by atoms with Gasteiger partial charge in [-0.1, -0.05) is 5.21 Å². The Bertz CT molecular complexity index is 1150. The number of ether oxygens (including phenoxy) is 2. The fourth-order valence-corrected chi connectivity index (χ4v) is 3.76. The molecular formula is C20H24N8O2. The minimum Gasteiger partial charge on any atom is -0.494 e. The molecule has 1 aliphatic heterocycles. The first-order chi connectivity index (χ1) is 14.7. The van der Waals surface area contributed by atoms with Gasteiger partial charge in [0.15, 0.2) is 0 Å². The van der Waals surface area contributed by atoms with Gasteiger partial charge in [0.05, 0.1) is 51.0 Å². The zero-order valence-electron chi connectivity index (χ0n) is 17.1. The summed E-state index contributed by atoms with van der Waals surface area (Å²) in [6.07, 6.45) is 9.53. The lowest BCUT2D eigenvalue weighted by Gasteiger charge is -2.26. The van der Waals surface area contributed by atoms with E-state index in [1.807, 2.05) is 47.1 Å². The monoisotopic (exact) mass is 408 g/mol. The molecule has 156 valence electrons. The maximum atomic E-state index is 5.69. The van der Waals surface area contributed by atoms with Crippen LogP contribution in [0.2, 0.25) is 0 Å². The average Bonchev–Trinajstić information content (AvgIpc) is 3.51. The molecular weight excluding hydrogens is 384 g/mol. The summed E-state index contributed by atoms with van der Waals surface area (Å²) in [6, 6.07) is 2.00. The molecule has 1 fully saturated rings. The van der Waals surface area contributed by atoms with Gasteiger partial charge in [-0.15, -0.1) is 5.10 Å². The molecule has 0 N–H and O–H groups in total. The second kappa shape index (κ2) is 7.88. The molecule has 0 atom stereocenters. The van der Waals surface area contributed by atoms with E-state index < -0.39 is 0 Å². The maximum absolute atomic E-state index is 5.69. The van der Waals surface area contributed by atoms with Crippen LogP contribution in [0.15, 0.2) is 37.1 Å². The predicted octanol–water partition coefficient (Wildman–Crippen LogP) is 1.33. The first-order valence-corrected chi connectivity index (χ1v) is 9.96. The van der Waals surface area contributed by atoms with E-state index in [1.54, 1.807) is 18.0 Å². The molecule has 1 saturated heterocycles. The summed E-state index contributed by atoms with van der Waals surface area (Å²) in [5.41, 5.74) is 4.52. The third kappa shape index (κ3) is 3.55. The summed E-state index contributed by atoms with van der Waals surface area (Å²) in [7, 11) is 3.56.